The molecule has 0 aliphatic rings. The van der Waals surface area contributed by atoms with Crippen LogP contribution in [0.1, 0.15) is 0 Å². The SMILES string of the molecule is c1ccc2c(c1)c[n+](OCCOCCO[n+]1cc3ccccc3c3ccccc31)c1ccccc21. The van der Waals surface area contributed by atoms with Gasteiger partial charge < -0.3 is 4.74 Å². The van der Waals surface area contributed by atoms with Crippen molar-refractivity contribution in [3.8, 4) is 0 Å². The molecular weight excluding hydrogens is 436 g/mol. The third kappa shape index (κ3) is 4.22. The van der Waals surface area contributed by atoms with Crippen molar-refractivity contribution in [1.29, 1.82) is 0 Å². The minimum absolute atomic E-state index is 0.444. The van der Waals surface area contributed by atoms with Crippen molar-refractivity contribution >= 4 is 43.4 Å². The normalized spacial score (nSPS) is 11.4. The van der Waals surface area contributed by atoms with E-state index in [9.17, 15) is 0 Å². The Labute approximate surface area is 203 Å². The van der Waals surface area contributed by atoms with Crippen molar-refractivity contribution in [3.63, 3.8) is 0 Å². The van der Waals surface area contributed by atoms with Crippen LogP contribution < -0.4 is 19.1 Å². The minimum atomic E-state index is 0.444. The number of rotatable bonds is 8. The number of fused-ring (bicyclic) bond motifs is 6. The summed E-state index contributed by atoms with van der Waals surface area (Å²) in [6, 6.07) is 33.3. The number of hydrogen-bond donors (Lipinski definition) is 0. The van der Waals surface area contributed by atoms with Gasteiger partial charge in [0.15, 0.2) is 13.2 Å². The monoisotopic (exact) mass is 462 g/mol. The van der Waals surface area contributed by atoms with Crippen LogP contribution in [0.5, 0.6) is 0 Å². The number of nitrogens with zero attached hydrogens (tertiary/aromatic N) is 2. The van der Waals surface area contributed by atoms with Crippen LogP contribution in [-0.2, 0) is 4.74 Å². The zero-order valence-electron chi connectivity index (χ0n) is 19.3. The van der Waals surface area contributed by atoms with Crippen LogP contribution in [0.3, 0.4) is 0 Å². The van der Waals surface area contributed by atoms with Crippen molar-refractivity contribution in [3.05, 3.63) is 109 Å². The van der Waals surface area contributed by atoms with E-state index < -0.39 is 0 Å². The van der Waals surface area contributed by atoms with Crippen molar-refractivity contribution in [1.82, 2.24) is 0 Å². The van der Waals surface area contributed by atoms with Crippen molar-refractivity contribution in [2.24, 2.45) is 0 Å². The number of para-hydroxylation sites is 2. The molecule has 0 amide bonds. The number of hydrogen-bond acceptors (Lipinski definition) is 3. The van der Waals surface area contributed by atoms with Gasteiger partial charge in [0.25, 0.3) is 11.0 Å². The van der Waals surface area contributed by atoms with Gasteiger partial charge in [-0.25, -0.2) is 0 Å². The largest absolute Gasteiger partial charge is 0.374 e. The summed E-state index contributed by atoms with van der Waals surface area (Å²) in [5, 5.41) is 7.05. The summed E-state index contributed by atoms with van der Waals surface area (Å²) in [6.45, 7) is 1.83. The van der Waals surface area contributed by atoms with Gasteiger partial charge in [-0.15, -0.1) is 0 Å². The van der Waals surface area contributed by atoms with Crippen LogP contribution in [0, 0.1) is 0 Å². The molecule has 2 heterocycles. The van der Waals surface area contributed by atoms with Crippen LogP contribution in [0.25, 0.3) is 43.4 Å². The molecule has 0 radical (unpaired) electrons. The highest BCUT2D eigenvalue weighted by atomic mass is 16.7. The van der Waals surface area contributed by atoms with E-state index in [4.69, 9.17) is 14.4 Å². The highest BCUT2D eigenvalue weighted by Gasteiger charge is 2.16. The molecule has 6 rings (SSSR count). The Balaban J connectivity index is 1.07. The summed E-state index contributed by atoms with van der Waals surface area (Å²) in [4.78, 5) is 12.1. The lowest BCUT2D eigenvalue weighted by molar-refractivity contribution is -0.871. The zero-order chi connectivity index (χ0) is 23.5. The summed E-state index contributed by atoms with van der Waals surface area (Å²) < 4.78 is 9.48. The quantitative estimate of drug-likeness (QED) is 0.191. The fourth-order valence-electron chi connectivity index (χ4n) is 4.59. The van der Waals surface area contributed by atoms with E-state index in [0.717, 1.165) is 21.8 Å². The van der Waals surface area contributed by atoms with Gasteiger partial charge in [0, 0.05) is 32.4 Å². The first-order valence-corrected chi connectivity index (χ1v) is 11.9. The molecule has 0 unspecified atom stereocenters. The summed E-state index contributed by atoms with van der Waals surface area (Å²) in [5.74, 6) is 0. The highest BCUT2D eigenvalue weighted by molar-refractivity contribution is 6.04. The zero-order valence-corrected chi connectivity index (χ0v) is 19.3. The molecule has 172 valence electrons. The number of ether oxygens (including phenoxy) is 1. The topological polar surface area (TPSA) is 35.5 Å². The van der Waals surface area contributed by atoms with Gasteiger partial charge in [-0.3, -0.25) is 9.68 Å². The van der Waals surface area contributed by atoms with E-state index >= 15 is 0 Å². The van der Waals surface area contributed by atoms with Crippen molar-refractivity contribution < 1.29 is 23.9 Å². The first-order chi connectivity index (χ1) is 17.4. The molecule has 0 bridgehead atoms. The van der Waals surface area contributed by atoms with Gasteiger partial charge in [-0.1, -0.05) is 60.7 Å². The summed E-state index contributed by atoms with van der Waals surface area (Å²) in [6.07, 6.45) is 4.06. The molecule has 35 heavy (non-hydrogen) atoms. The van der Waals surface area contributed by atoms with Crippen LogP contribution in [-0.4, -0.2) is 26.4 Å². The molecule has 0 spiro atoms. The fourth-order valence-corrected chi connectivity index (χ4v) is 4.59. The van der Waals surface area contributed by atoms with Gasteiger partial charge in [0.1, 0.15) is 0 Å². The maximum absolute atomic E-state index is 6.04. The van der Waals surface area contributed by atoms with Crippen molar-refractivity contribution in [2.45, 2.75) is 0 Å². The fraction of sp³-hybridized carbons (Fsp3) is 0.133. The van der Waals surface area contributed by atoms with Crippen LogP contribution >= 0.6 is 0 Å². The molecule has 0 aliphatic heterocycles. The lowest BCUT2D eigenvalue weighted by Crippen LogP contribution is -2.45. The number of aromatic nitrogens is 2. The molecule has 0 aliphatic carbocycles. The van der Waals surface area contributed by atoms with E-state index in [1.807, 2.05) is 46.1 Å². The molecule has 5 heteroatoms. The second kappa shape index (κ2) is 9.57. The predicted octanol–water partition coefficient (Wildman–Crippen LogP) is 4.45. The van der Waals surface area contributed by atoms with Gasteiger partial charge in [-0.05, 0) is 24.3 Å². The molecule has 0 N–H and O–H groups in total. The van der Waals surface area contributed by atoms with Crippen LogP contribution in [0.15, 0.2) is 109 Å². The Bertz CT molecular complexity index is 1520. The van der Waals surface area contributed by atoms with E-state index in [1.54, 1.807) is 0 Å². The van der Waals surface area contributed by atoms with Gasteiger partial charge in [-0.2, -0.15) is 0 Å². The van der Waals surface area contributed by atoms with Gasteiger partial charge >= 0.3 is 0 Å². The second-order valence-electron chi connectivity index (χ2n) is 8.40. The summed E-state index contributed by atoms with van der Waals surface area (Å²) in [5.41, 5.74) is 2.07. The Morgan fingerprint density at radius 2 is 0.829 bits per heavy atom. The summed E-state index contributed by atoms with van der Waals surface area (Å²) >= 11 is 0. The Kier molecular flexibility index (Phi) is 5.83. The standard InChI is InChI=1S/C30H26N2O3/c1-3-11-25-23(9-1)21-31(29-15-7-5-13-27(25)29)34-19-17-33-18-20-35-32-22-24-10-2-4-12-26(24)28-14-6-8-16-30(28)32/h1-16,21-22H,17-20H2/q+2. The predicted molar refractivity (Wildman–Crippen MR) is 137 cm³/mol. The van der Waals surface area contributed by atoms with E-state index in [-0.39, 0.29) is 0 Å². The molecule has 0 saturated carbocycles. The molecule has 0 saturated heterocycles. The molecule has 2 aromatic heterocycles. The first kappa shape index (κ1) is 21.3. The van der Waals surface area contributed by atoms with E-state index in [0.29, 0.717) is 26.4 Å². The first-order valence-electron chi connectivity index (χ1n) is 11.9. The molecule has 5 nitrogen and oxygen atoms in total. The lowest BCUT2D eigenvalue weighted by atomic mass is 10.1. The molecule has 0 fully saturated rings. The number of benzene rings is 4. The smallest absolute Gasteiger partial charge is 0.265 e. The molecular formula is C30H26N2O3+2. The summed E-state index contributed by atoms with van der Waals surface area (Å²) in [7, 11) is 0. The average Bonchev–Trinajstić information content (AvgIpc) is 2.92. The second-order valence-corrected chi connectivity index (χ2v) is 8.40. The maximum atomic E-state index is 6.04. The Morgan fingerprint density at radius 1 is 0.429 bits per heavy atom. The molecule has 0 atom stereocenters. The van der Waals surface area contributed by atoms with Crippen LogP contribution in [0.4, 0.5) is 0 Å². The molecule has 6 aromatic rings. The molecule has 4 aromatic carbocycles. The lowest BCUT2D eigenvalue weighted by Gasteiger charge is -2.06. The van der Waals surface area contributed by atoms with Crippen molar-refractivity contribution in [2.75, 3.05) is 26.4 Å². The highest BCUT2D eigenvalue weighted by Crippen LogP contribution is 2.22. The minimum Gasteiger partial charge on any atom is -0.374 e. The Morgan fingerprint density at radius 3 is 1.31 bits per heavy atom. The van der Waals surface area contributed by atoms with E-state index in [1.165, 1.54) is 21.5 Å². The maximum Gasteiger partial charge on any atom is 0.265 e. The van der Waals surface area contributed by atoms with Gasteiger partial charge in [0.2, 0.25) is 12.4 Å². The third-order valence-corrected chi connectivity index (χ3v) is 6.21. The third-order valence-electron chi connectivity index (χ3n) is 6.21. The van der Waals surface area contributed by atoms with E-state index in [2.05, 4.69) is 72.8 Å². The average molecular weight is 463 g/mol. The number of pyridine rings is 2. The van der Waals surface area contributed by atoms with Crippen LogP contribution in [0.2, 0.25) is 0 Å². The Hall–Kier alpha value is -4.22. The van der Waals surface area contributed by atoms with Gasteiger partial charge in [0.05, 0.1) is 34.8 Å².